The third-order valence-corrected chi connectivity index (χ3v) is 12.5. The third kappa shape index (κ3) is 9.30. The maximum Gasteiger partial charge on any atom is 0.293 e. The molecule has 1 aliphatic heterocycles. The van der Waals surface area contributed by atoms with Crippen LogP contribution in [0, 0.1) is 10.1 Å². The molecule has 1 amide bonds. The summed E-state index contributed by atoms with van der Waals surface area (Å²) in [5, 5.41) is 15.2. The Morgan fingerprint density at radius 2 is 1.56 bits per heavy atom. The van der Waals surface area contributed by atoms with Gasteiger partial charge in [-0.1, -0.05) is 79.7 Å². The highest BCUT2D eigenvalue weighted by molar-refractivity contribution is 7.99. The summed E-state index contributed by atoms with van der Waals surface area (Å²) in [6, 6.07) is 38.9. The summed E-state index contributed by atoms with van der Waals surface area (Å²) in [7, 11) is -2.64. The second kappa shape index (κ2) is 17.3. The number of piperidine rings is 1. The van der Waals surface area contributed by atoms with E-state index in [1.165, 1.54) is 28.8 Å². The average Bonchev–Trinajstić information content (AvgIpc) is 3.20. The summed E-state index contributed by atoms with van der Waals surface area (Å²) in [6.07, 6.45) is 3.09. The summed E-state index contributed by atoms with van der Waals surface area (Å²) in [5.41, 5.74) is 4.18. The van der Waals surface area contributed by atoms with Crippen LogP contribution in [-0.2, 0) is 21.2 Å². The van der Waals surface area contributed by atoms with Crippen LogP contribution < -0.4 is 14.9 Å². The number of anilines is 2. The molecule has 54 heavy (non-hydrogen) atoms. The minimum Gasteiger partial charge on any atom is -0.378 e. The number of benzene rings is 5. The largest absolute Gasteiger partial charge is 0.378 e. The number of nitro groups is 1. The van der Waals surface area contributed by atoms with Crippen LogP contribution in [0.15, 0.2) is 137 Å². The van der Waals surface area contributed by atoms with Crippen molar-refractivity contribution in [1.29, 1.82) is 0 Å². The third-order valence-electron chi connectivity index (χ3n) is 9.97. The number of sulfonamides is 1. The van der Waals surface area contributed by atoms with E-state index in [4.69, 9.17) is 4.74 Å². The highest BCUT2D eigenvalue weighted by Crippen LogP contribution is 2.35. The fourth-order valence-electron chi connectivity index (χ4n) is 6.76. The number of carbonyl (C=O) groups excluding carboxylic acids is 1. The number of thioether (sulfide) groups is 1. The minimum atomic E-state index is -4.41. The lowest BCUT2D eigenvalue weighted by Crippen LogP contribution is -2.47. The average molecular weight is 765 g/mol. The van der Waals surface area contributed by atoms with E-state index in [-0.39, 0.29) is 27.8 Å². The van der Waals surface area contributed by atoms with E-state index in [0.29, 0.717) is 12.2 Å². The van der Waals surface area contributed by atoms with Crippen molar-refractivity contribution in [2.45, 2.75) is 54.0 Å². The number of nitro benzene ring substituents is 1. The van der Waals surface area contributed by atoms with Crippen molar-refractivity contribution >= 4 is 44.8 Å². The SMILES string of the molecule is CC[C@@H](CSc1ccccc1)Nc1ccc(S(=O)(=O)NC(=O)c2ccc(N3CCC(Cc4ccccc4-c4ccccc4)(OC)CC3)cc2)cc1[N+](=O)[O-]. The Kier molecular flexibility index (Phi) is 12.4. The molecule has 6 rings (SSSR count). The van der Waals surface area contributed by atoms with E-state index in [1.807, 2.05) is 55.5 Å². The van der Waals surface area contributed by atoms with Crippen molar-refractivity contribution in [2.75, 3.05) is 36.2 Å². The molecule has 1 saturated heterocycles. The quantitative estimate of drug-likeness (QED) is 0.0612. The van der Waals surface area contributed by atoms with Gasteiger partial charge in [0.05, 0.1) is 15.4 Å². The summed E-state index contributed by atoms with van der Waals surface area (Å²) >= 11 is 1.62. The number of nitrogens with one attached hydrogen (secondary N) is 2. The Balaban J connectivity index is 1.07. The maximum atomic E-state index is 13.3. The first-order valence-electron chi connectivity index (χ1n) is 17.9. The molecule has 10 nitrogen and oxygen atoms in total. The summed E-state index contributed by atoms with van der Waals surface area (Å²) in [5.74, 6) is -0.174. The number of hydrogen-bond acceptors (Lipinski definition) is 9. The molecule has 280 valence electrons. The van der Waals surface area contributed by atoms with Crippen molar-refractivity contribution in [1.82, 2.24) is 4.72 Å². The Bertz CT molecular complexity index is 2160. The first-order chi connectivity index (χ1) is 26.1. The van der Waals surface area contributed by atoms with Gasteiger partial charge in [0, 0.05) is 60.6 Å². The van der Waals surface area contributed by atoms with Gasteiger partial charge in [0.15, 0.2) is 0 Å². The van der Waals surface area contributed by atoms with E-state index >= 15 is 0 Å². The van der Waals surface area contributed by atoms with Crippen molar-refractivity contribution in [3.63, 3.8) is 0 Å². The summed E-state index contributed by atoms with van der Waals surface area (Å²) in [6.45, 7) is 3.47. The molecule has 0 aliphatic carbocycles. The molecule has 0 saturated carbocycles. The van der Waals surface area contributed by atoms with Gasteiger partial charge in [-0.15, -0.1) is 11.8 Å². The van der Waals surface area contributed by atoms with Gasteiger partial charge in [-0.2, -0.15) is 0 Å². The second-order valence-corrected chi connectivity index (χ2v) is 16.1. The molecular weight excluding hydrogens is 721 g/mol. The monoisotopic (exact) mass is 764 g/mol. The van der Waals surface area contributed by atoms with E-state index < -0.39 is 26.5 Å². The molecule has 1 fully saturated rings. The van der Waals surface area contributed by atoms with E-state index in [1.54, 1.807) is 43.1 Å². The van der Waals surface area contributed by atoms with Crippen molar-refractivity contribution in [3.8, 4) is 11.1 Å². The number of methoxy groups -OCH3 is 1. The molecule has 5 aromatic carbocycles. The molecular formula is C42H44N4O6S2. The Morgan fingerprint density at radius 1 is 0.907 bits per heavy atom. The fraction of sp³-hybridized carbons (Fsp3) is 0.262. The van der Waals surface area contributed by atoms with Crippen molar-refractivity contribution < 1.29 is 22.9 Å². The van der Waals surface area contributed by atoms with Crippen LogP contribution in [0.4, 0.5) is 17.1 Å². The summed E-state index contributed by atoms with van der Waals surface area (Å²) in [4.78, 5) is 27.5. The van der Waals surface area contributed by atoms with E-state index in [9.17, 15) is 23.3 Å². The van der Waals surface area contributed by atoms with Crippen LogP contribution in [0.2, 0.25) is 0 Å². The smallest absolute Gasteiger partial charge is 0.293 e. The lowest BCUT2D eigenvalue weighted by molar-refractivity contribution is -0.384. The zero-order valence-corrected chi connectivity index (χ0v) is 31.9. The topological polar surface area (TPSA) is 131 Å². The highest BCUT2D eigenvalue weighted by atomic mass is 32.2. The van der Waals surface area contributed by atoms with Gasteiger partial charge in [0.1, 0.15) is 5.69 Å². The van der Waals surface area contributed by atoms with Crippen LogP contribution >= 0.6 is 11.8 Å². The predicted octanol–water partition coefficient (Wildman–Crippen LogP) is 8.59. The standard InChI is InChI=1S/C42H44N4O6S2/c1-3-34(30-53-36-15-8-5-9-16-36)43-39-23-22-37(28-40(39)46(48)49)54(50,51)44-41(47)32-18-20-35(21-19-32)45-26-24-42(52-2,25-27-45)29-33-14-10-11-17-38(33)31-12-6-4-7-13-31/h4-23,28,34,43H,3,24-27,29-30H2,1-2H3,(H,44,47)/t34-/m0/s1. The van der Waals surface area contributed by atoms with E-state index in [0.717, 1.165) is 49.0 Å². The van der Waals surface area contributed by atoms with Gasteiger partial charge < -0.3 is 15.0 Å². The normalized spacial score (nSPS) is 14.6. The molecule has 12 heteroatoms. The zero-order valence-electron chi connectivity index (χ0n) is 30.3. The molecule has 1 heterocycles. The highest BCUT2D eigenvalue weighted by Gasteiger charge is 2.35. The molecule has 2 N–H and O–H groups in total. The first-order valence-corrected chi connectivity index (χ1v) is 20.4. The summed E-state index contributed by atoms with van der Waals surface area (Å²) < 4.78 is 34.8. The molecule has 5 aromatic rings. The number of carbonyl (C=O) groups is 1. The van der Waals surface area contributed by atoms with Crippen LogP contribution in [0.5, 0.6) is 0 Å². The maximum absolute atomic E-state index is 13.3. The van der Waals surface area contributed by atoms with Gasteiger partial charge >= 0.3 is 0 Å². The van der Waals surface area contributed by atoms with Gasteiger partial charge in [0.2, 0.25) is 0 Å². The molecule has 0 bridgehead atoms. The molecule has 0 radical (unpaired) electrons. The van der Waals surface area contributed by atoms with Crippen LogP contribution in [0.25, 0.3) is 11.1 Å². The predicted molar refractivity (Wildman–Crippen MR) is 216 cm³/mol. The van der Waals surface area contributed by atoms with Gasteiger partial charge in [-0.3, -0.25) is 14.9 Å². The number of hydrogen-bond donors (Lipinski definition) is 2. The zero-order chi connectivity index (χ0) is 38.1. The number of nitrogens with zero attached hydrogens (tertiary/aromatic N) is 2. The molecule has 0 unspecified atom stereocenters. The van der Waals surface area contributed by atoms with E-state index in [2.05, 4.69) is 51.3 Å². The lowest BCUT2D eigenvalue weighted by atomic mass is 9.82. The van der Waals surface area contributed by atoms with Crippen LogP contribution in [0.3, 0.4) is 0 Å². The Morgan fingerprint density at radius 3 is 2.20 bits per heavy atom. The molecule has 0 spiro atoms. The van der Waals surface area contributed by atoms with Gasteiger partial charge in [0.25, 0.3) is 21.6 Å². The van der Waals surface area contributed by atoms with Crippen molar-refractivity contribution in [3.05, 3.63) is 149 Å². The fourth-order valence-corrected chi connectivity index (χ4v) is 8.81. The Hall–Kier alpha value is -5.17. The molecule has 0 aromatic heterocycles. The minimum absolute atomic E-state index is 0.103. The van der Waals surface area contributed by atoms with Gasteiger partial charge in [-0.05, 0) is 84.5 Å². The van der Waals surface area contributed by atoms with Gasteiger partial charge in [-0.25, -0.2) is 13.1 Å². The molecule has 1 aliphatic rings. The molecule has 1 atom stereocenters. The number of ether oxygens (including phenoxy) is 1. The van der Waals surface area contributed by atoms with Crippen molar-refractivity contribution in [2.24, 2.45) is 0 Å². The second-order valence-electron chi connectivity index (χ2n) is 13.4. The Labute approximate surface area is 321 Å². The number of amides is 1. The number of rotatable bonds is 15. The van der Waals surface area contributed by atoms with Crippen LogP contribution in [0.1, 0.15) is 42.1 Å². The van der Waals surface area contributed by atoms with Crippen LogP contribution in [-0.4, -0.2) is 56.8 Å². The lowest BCUT2D eigenvalue weighted by Gasteiger charge is -2.42. The first kappa shape index (κ1) is 38.6.